The normalized spacial score (nSPS) is 23.1. The van der Waals surface area contributed by atoms with Crippen LogP contribution in [0.4, 0.5) is 5.82 Å². The molecule has 1 fully saturated rings. The maximum Gasteiger partial charge on any atom is 0.280 e. The first-order valence-corrected chi connectivity index (χ1v) is 11.1. The number of carbonyl (C=O) groups is 1. The summed E-state index contributed by atoms with van der Waals surface area (Å²) in [6, 6.07) is 9.69. The maximum absolute atomic E-state index is 13.3. The van der Waals surface area contributed by atoms with Gasteiger partial charge in [0.05, 0.1) is 18.6 Å². The van der Waals surface area contributed by atoms with Crippen molar-refractivity contribution in [1.29, 1.82) is 0 Å². The Morgan fingerprint density at radius 2 is 1.97 bits per heavy atom. The Labute approximate surface area is 169 Å². The number of aliphatic imine (C=N–C) groups is 1. The lowest BCUT2D eigenvalue weighted by Crippen LogP contribution is -2.51. The van der Waals surface area contributed by atoms with Gasteiger partial charge in [0.1, 0.15) is 0 Å². The second kappa shape index (κ2) is 6.39. The standard InChI is InChI=1S/C19H22N6O3S/c1-20-29(27,28)19-22-16-15(24(19)11-12-7-4-3-5-8-12)17(26)23(2)18-21-13-9-6-10-14(13)25(16)18/h3-5,7-8,13-14,20H,6,9-11H2,1-2H3. The smallest absolute Gasteiger partial charge is 0.280 e. The molecule has 0 saturated heterocycles. The van der Waals surface area contributed by atoms with Crippen LogP contribution in [0.15, 0.2) is 40.5 Å². The Balaban J connectivity index is 1.73. The van der Waals surface area contributed by atoms with Crippen molar-refractivity contribution >= 4 is 27.7 Å². The van der Waals surface area contributed by atoms with Gasteiger partial charge in [-0.2, -0.15) is 4.98 Å². The number of carbonyl (C=O) groups excluding carboxylic acids is 1. The van der Waals surface area contributed by atoms with Crippen LogP contribution in [-0.4, -0.2) is 60.9 Å². The summed E-state index contributed by atoms with van der Waals surface area (Å²) < 4.78 is 29.4. The van der Waals surface area contributed by atoms with E-state index in [-0.39, 0.29) is 35.4 Å². The number of amides is 1. The number of guanidine groups is 1. The number of nitrogens with one attached hydrogen (secondary N) is 1. The quantitative estimate of drug-likeness (QED) is 0.805. The van der Waals surface area contributed by atoms with E-state index < -0.39 is 10.0 Å². The fourth-order valence-corrected chi connectivity index (χ4v) is 5.32. The molecule has 3 heterocycles. The summed E-state index contributed by atoms with van der Waals surface area (Å²) in [5.41, 5.74) is 1.17. The first-order valence-electron chi connectivity index (χ1n) is 9.65. The molecule has 0 bridgehead atoms. The van der Waals surface area contributed by atoms with Crippen molar-refractivity contribution in [2.24, 2.45) is 4.99 Å². The van der Waals surface area contributed by atoms with Gasteiger partial charge in [-0.25, -0.2) is 18.1 Å². The summed E-state index contributed by atoms with van der Waals surface area (Å²) in [6.45, 7) is 0.230. The molecule has 5 rings (SSSR count). The third kappa shape index (κ3) is 2.62. The third-order valence-corrected chi connectivity index (χ3v) is 7.24. The number of hydrogen-bond acceptors (Lipinski definition) is 6. The van der Waals surface area contributed by atoms with Crippen LogP contribution in [0.25, 0.3) is 0 Å². The van der Waals surface area contributed by atoms with Crippen LogP contribution in [0.1, 0.15) is 35.3 Å². The third-order valence-electron chi connectivity index (χ3n) is 5.91. The van der Waals surface area contributed by atoms with E-state index in [0.29, 0.717) is 11.8 Å². The van der Waals surface area contributed by atoms with Crippen LogP contribution in [0.3, 0.4) is 0 Å². The second-order valence-electron chi connectivity index (χ2n) is 7.57. The summed E-state index contributed by atoms with van der Waals surface area (Å²) in [4.78, 5) is 26.0. The minimum Gasteiger partial charge on any atom is -0.303 e. The van der Waals surface area contributed by atoms with E-state index >= 15 is 0 Å². The number of rotatable bonds is 4. The molecule has 1 aliphatic carbocycles. The molecule has 152 valence electrons. The zero-order valence-corrected chi connectivity index (χ0v) is 17.1. The van der Waals surface area contributed by atoms with Crippen molar-refractivity contribution in [3.63, 3.8) is 0 Å². The van der Waals surface area contributed by atoms with Gasteiger partial charge in [0, 0.05) is 7.05 Å². The molecule has 1 amide bonds. The van der Waals surface area contributed by atoms with Gasteiger partial charge in [0.25, 0.3) is 15.9 Å². The number of nitrogens with zero attached hydrogens (tertiary/aromatic N) is 5. The summed E-state index contributed by atoms with van der Waals surface area (Å²) in [7, 11) is -0.839. The van der Waals surface area contributed by atoms with Crippen LogP contribution in [0.5, 0.6) is 0 Å². The molecule has 1 N–H and O–H groups in total. The lowest BCUT2D eigenvalue weighted by Gasteiger charge is -2.34. The molecule has 3 aliphatic rings. The topological polar surface area (TPSA) is 99.9 Å². The number of hydrogen-bond donors (Lipinski definition) is 1. The van der Waals surface area contributed by atoms with Gasteiger partial charge < -0.3 is 4.57 Å². The van der Waals surface area contributed by atoms with Crippen LogP contribution in [0.2, 0.25) is 0 Å². The highest BCUT2D eigenvalue weighted by atomic mass is 32.2. The van der Waals surface area contributed by atoms with Gasteiger partial charge in [-0.1, -0.05) is 30.3 Å². The molecule has 29 heavy (non-hydrogen) atoms. The lowest BCUT2D eigenvalue weighted by molar-refractivity contribution is 0.0854. The van der Waals surface area contributed by atoms with Crippen LogP contribution < -0.4 is 9.62 Å². The van der Waals surface area contributed by atoms with Crippen molar-refractivity contribution in [2.75, 3.05) is 19.0 Å². The van der Waals surface area contributed by atoms with E-state index in [9.17, 15) is 13.2 Å². The number of imidazole rings is 1. The molecule has 1 aromatic heterocycles. The number of fused-ring (bicyclic) bond motifs is 5. The summed E-state index contributed by atoms with van der Waals surface area (Å²) in [5.74, 6) is 0.664. The first kappa shape index (κ1) is 18.3. The predicted octanol–water partition coefficient (Wildman–Crippen LogP) is 1.02. The summed E-state index contributed by atoms with van der Waals surface area (Å²) in [5, 5.41) is -0.154. The number of anilines is 1. The largest absolute Gasteiger partial charge is 0.303 e. The van der Waals surface area contributed by atoms with Gasteiger partial charge in [-0.3, -0.25) is 14.6 Å². The van der Waals surface area contributed by atoms with E-state index in [1.54, 1.807) is 7.05 Å². The molecule has 10 heteroatoms. The number of benzene rings is 1. The Hall–Kier alpha value is -2.72. The Bertz CT molecular complexity index is 1120. The van der Waals surface area contributed by atoms with E-state index in [0.717, 1.165) is 24.8 Å². The molecule has 2 atom stereocenters. The average molecular weight is 414 g/mol. The van der Waals surface area contributed by atoms with E-state index in [1.165, 1.54) is 16.5 Å². The van der Waals surface area contributed by atoms with Crippen molar-refractivity contribution in [1.82, 2.24) is 19.2 Å². The molecule has 2 aromatic rings. The minimum atomic E-state index is -3.87. The molecule has 2 unspecified atom stereocenters. The van der Waals surface area contributed by atoms with Crippen LogP contribution in [0, 0.1) is 0 Å². The Kier molecular flexibility index (Phi) is 4.04. The van der Waals surface area contributed by atoms with Gasteiger partial charge >= 0.3 is 0 Å². The maximum atomic E-state index is 13.3. The SMILES string of the molecule is CNS(=O)(=O)c1nc2c(n1Cc1ccccc1)C(=O)N(C)C1=NC3CCCC3N12. The van der Waals surface area contributed by atoms with Crippen molar-refractivity contribution in [3.05, 3.63) is 41.6 Å². The molecule has 1 aromatic carbocycles. The Morgan fingerprint density at radius 1 is 1.21 bits per heavy atom. The average Bonchev–Trinajstić information content (AvgIpc) is 3.40. The molecule has 2 aliphatic heterocycles. The highest BCUT2D eigenvalue weighted by Crippen LogP contribution is 2.41. The van der Waals surface area contributed by atoms with Gasteiger partial charge in [0.2, 0.25) is 11.1 Å². The fourth-order valence-electron chi connectivity index (χ4n) is 4.49. The summed E-state index contributed by atoms with van der Waals surface area (Å²) >= 11 is 0. The molecule has 1 saturated carbocycles. The summed E-state index contributed by atoms with van der Waals surface area (Å²) in [6.07, 6.45) is 2.97. The molecule has 0 spiro atoms. The van der Waals surface area contributed by atoms with Gasteiger partial charge in [-0.15, -0.1) is 0 Å². The molecular formula is C19H22N6O3S. The van der Waals surface area contributed by atoms with Gasteiger partial charge in [-0.05, 0) is 31.9 Å². The highest BCUT2D eigenvalue weighted by Gasteiger charge is 2.49. The second-order valence-corrected chi connectivity index (χ2v) is 9.36. The predicted molar refractivity (Wildman–Crippen MR) is 107 cm³/mol. The zero-order valence-electron chi connectivity index (χ0n) is 16.2. The van der Waals surface area contributed by atoms with Crippen LogP contribution >= 0.6 is 0 Å². The molecule has 0 radical (unpaired) electrons. The van der Waals surface area contributed by atoms with Crippen LogP contribution in [-0.2, 0) is 16.6 Å². The number of sulfonamides is 1. The molecular weight excluding hydrogens is 392 g/mol. The fraction of sp³-hybridized carbons (Fsp3) is 0.421. The first-order chi connectivity index (χ1) is 13.9. The van der Waals surface area contributed by atoms with E-state index in [2.05, 4.69) is 9.71 Å². The monoisotopic (exact) mass is 414 g/mol. The van der Waals surface area contributed by atoms with Gasteiger partial charge in [0.15, 0.2) is 11.5 Å². The Morgan fingerprint density at radius 3 is 2.69 bits per heavy atom. The highest BCUT2D eigenvalue weighted by molar-refractivity contribution is 7.89. The van der Waals surface area contributed by atoms with Crippen molar-refractivity contribution in [2.45, 2.75) is 43.0 Å². The van der Waals surface area contributed by atoms with Crippen molar-refractivity contribution < 1.29 is 13.2 Å². The minimum absolute atomic E-state index is 0.115. The lowest BCUT2D eigenvalue weighted by atomic mass is 10.1. The van der Waals surface area contributed by atoms with E-state index in [1.807, 2.05) is 35.2 Å². The number of aromatic nitrogens is 2. The van der Waals surface area contributed by atoms with Crippen molar-refractivity contribution in [3.8, 4) is 0 Å². The zero-order chi connectivity index (χ0) is 20.3. The molecule has 9 nitrogen and oxygen atoms in total. The van der Waals surface area contributed by atoms with E-state index in [4.69, 9.17) is 4.99 Å².